The molecule has 2 atom stereocenters. The van der Waals surface area contributed by atoms with Crippen LogP contribution in [-0.2, 0) is 16.1 Å². The van der Waals surface area contributed by atoms with Crippen LogP contribution in [0.15, 0.2) is 18.7 Å². The van der Waals surface area contributed by atoms with E-state index >= 15 is 0 Å². The van der Waals surface area contributed by atoms with Gasteiger partial charge in [0.15, 0.2) is 0 Å². The van der Waals surface area contributed by atoms with Crippen LogP contribution >= 0.6 is 0 Å². The largest absolute Gasteiger partial charge is 0.389 e. The van der Waals surface area contributed by atoms with Crippen LogP contribution in [0.1, 0.15) is 13.3 Å². The Bertz CT molecular complexity index is 446. The van der Waals surface area contributed by atoms with Gasteiger partial charge in [-0.25, -0.2) is 4.98 Å². The highest BCUT2D eigenvalue weighted by atomic mass is 16.3. The van der Waals surface area contributed by atoms with Crippen LogP contribution in [0, 0.1) is 0 Å². The lowest BCUT2D eigenvalue weighted by Gasteiger charge is -2.16. The number of carbonyl (C=O) groups excluding carboxylic acids is 2. The minimum Gasteiger partial charge on any atom is -0.389 e. The van der Waals surface area contributed by atoms with Crippen LogP contribution in [0.5, 0.6) is 0 Å². The van der Waals surface area contributed by atoms with Gasteiger partial charge in [0.05, 0.1) is 18.5 Å². The van der Waals surface area contributed by atoms with E-state index in [0.29, 0.717) is 19.5 Å². The van der Waals surface area contributed by atoms with E-state index in [1.807, 2.05) is 4.57 Å². The molecular weight excluding hydrogens is 248 g/mol. The molecule has 1 aliphatic rings. The van der Waals surface area contributed by atoms with Gasteiger partial charge in [0.1, 0.15) is 0 Å². The predicted molar refractivity (Wildman–Crippen MR) is 67.0 cm³/mol. The molecule has 0 unspecified atom stereocenters. The number of amides is 2. The van der Waals surface area contributed by atoms with E-state index in [1.165, 1.54) is 6.92 Å². The van der Waals surface area contributed by atoms with Crippen molar-refractivity contribution in [1.82, 2.24) is 19.8 Å². The summed E-state index contributed by atoms with van der Waals surface area (Å²) in [6, 6.07) is -0.366. The molecule has 1 aromatic rings. The number of nitrogens with one attached hydrogen (secondary N) is 1. The number of aromatic nitrogens is 2. The maximum Gasteiger partial charge on any atom is 0.224 e. The Balaban J connectivity index is 1.82. The number of β-amino-alcohol motifs (C(OH)–C–C–N with tert-alkyl or cyclic N) is 1. The van der Waals surface area contributed by atoms with Gasteiger partial charge >= 0.3 is 0 Å². The fourth-order valence-corrected chi connectivity index (χ4v) is 2.20. The van der Waals surface area contributed by atoms with E-state index in [0.717, 1.165) is 0 Å². The van der Waals surface area contributed by atoms with Gasteiger partial charge in [-0.05, 0) is 0 Å². The van der Waals surface area contributed by atoms with Crippen LogP contribution in [0.3, 0.4) is 0 Å². The lowest BCUT2D eigenvalue weighted by molar-refractivity contribution is -0.131. The first-order chi connectivity index (χ1) is 9.06. The van der Waals surface area contributed by atoms with Crippen molar-refractivity contribution in [2.75, 3.05) is 13.1 Å². The van der Waals surface area contributed by atoms with Gasteiger partial charge in [0.2, 0.25) is 11.8 Å². The summed E-state index contributed by atoms with van der Waals surface area (Å²) in [6.45, 7) is 2.60. The van der Waals surface area contributed by atoms with Crippen molar-refractivity contribution in [3.05, 3.63) is 18.7 Å². The second-order valence-corrected chi connectivity index (χ2v) is 4.72. The molecule has 2 rings (SSSR count). The molecular formula is C12H18N4O3. The van der Waals surface area contributed by atoms with Crippen LogP contribution in [-0.4, -0.2) is 56.6 Å². The molecule has 7 heteroatoms. The summed E-state index contributed by atoms with van der Waals surface area (Å²) in [7, 11) is 0. The van der Waals surface area contributed by atoms with Crippen LogP contribution in [0.25, 0.3) is 0 Å². The van der Waals surface area contributed by atoms with Crippen molar-refractivity contribution in [3.8, 4) is 0 Å². The molecule has 1 fully saturated rings. The van der Waals surface area contributed by atoms with Crippen molar-refractivity contribution in [2.45, 2.75) is 32.0 Å². The first-order valence-electron chi connectivity index (χ1n) is 6.25. The molecule has 0 spiro atoms. The Kier molecular flexibility index (Phi) is 4.16. The smallest absolute Gasteiger partial charge is 0.224 e. The van der Waals surface area contributed by atoms with Gasteiger partial charge < -0.3 is 19.9 Å². The molecule has 0 bridgehead atoms. The summed E-state index contributed by atoms with van der Waals surface area (Å²) in [5.41, 5.74) is 0. The molecule has 0 aromatic carbocycles. The Morgan fingerprint density at radius 2 is 2.26 bits per heavy atom. The Morgan fingerprint density at radius 3 is 2.89 bits per heavy atom. The fraction of sp³-hybridized carbons (Fsp3) is 0.583. The number of aliphatic hydroxyl groups excluding tert-OH is 1. The number of hydrogen-bond acceptors (Lipinski definition) is 4. The van der Waals surface area contributed by atoms with E-state index in [2.05, 4.69) is 10.3 Å². The molecule has 0 radical (unpaired) electrons. The average molecular weight is 266 g/mol. The summed E-state index contributed by atoms with van der Waals surface area (Å²) in [5.74, 6) is -0.225. The minimum absolute atomic E-state index is 0.0272. The summed E-state index contributed by atoms with van der Waals surface area (Å²) in [4.78, 5) is 28.4. The van der Waals surface area contributed by atoms with Gasteiger partial charge in [-0.3, -0.25) is 9.59 Å². The van der Waals surface area contributed by atoms with Gasteiger partial charge in [0.25, 0.3) is 0 Å². The number of aryl methyl sites for hydroxylation is 1. The van der Waals surface area contributed by atoms with Crippen molar-refractivity contribution < 1.29 is 14.7 Å². The van der Waals surface area contributed by atoms with Crippen LogP contribution in [0.4, 0.5) is 0 Å². The summed E-state index contributed by atoms with van der Waals surface area (Å²) < 4.78 is 1.83. The average Bonchev–Trinajstić information content (AvgIpc) is 2.96. The van der Waals surface area contributed by atoms with Crippen molar-refractivity contribution in [3.63, 3.8) is 0 Å². The maximum atomic E-state index is 12.0. The van der Waals surface area contributed by atoms with Gasteiger partial charge in [-0.15, -0.1) is 0 Å². The molecule has 1 aliphatic heterocycles. The standard InChI is InChI=1S/C12H18N4O3/c1-9(17)14-10-6-16(7-11(10)18)12(19)2-4-15-5-3-13-8-15/h3,5,8,10-11,18H,2,4,6-7H2,1H3,(H,14,17)/t10-,11-/m1/s1. The number of likely N-dealkylation sites (tertiary alicyclic amines) is 1. The van der Waals surface area contributed by atoms with Crippen LogP contribution < -0.4 is 5.32 Å². The van der Waals surface area contributed by atoms with Gasteiger partial charge in [-0.1, -0.05) is 0 Å². The maximum absolute atomic E-state index is 12.0. The topological polar surface area (TPSA) is 87.5 Å². The normalized spacial score (nSPS) is 22.5. The number of hydrogen-bond donors (Lipinski definition) is 2. The second-order valence-electron chi connectivity index (χ2n) is 4.72. The van der Waals surface area contributed by atoms with Gasteiger partial charge in [0, 0.05) is 45.4 Å². The first kappa shape index (κ1) is 13.5. The van der Waals surface area contributed by atoms with E-state index in [1.54, 1.807) is 23.6 Å². The lowest BCUT2D eigenvalue weighted by Crippen LogP contribution is -2.41. The van der Waals surface area contributed by atoms with Crippen molar-refractivity contribution >= 4 is 11.8 Å². The van der Waals surface area contributed by atoms with E-state index in [4.69, 9.17) is 0 Å². The van der Waals surface area contributed by atoms with E-state index in [-0.39, 0.29) is 24.4 Å². The van der Waals surface area contributed by atoms with E-state index in [9.17, 15) is 14.7 Å². The molecule has 0 saturated carbocycles. The molecule has 1 aromatic heterocycles. The molecule has 2 N–H and O–H groups in total. The molecule has 104 valence electrons. The SMILES string of the molecule is CC(=O)N[C@@H]1CN(C(=O)CCn2ccnc2)C[C@H]1O. The highest BCUT2D eigenvalue weighted by Gasteiger charge is 2.34. The number of carbonyl (C=O) groups is 2. The summed E-state index contributed by atoms with van der Waals surface area (Å²) in [6.07, 6.45) is 4.78. The quantitative estimate of drug-likeness (QED) is 0.730. The van der Waals surface area contributed by atoms with Crippen LogP contribution in [0.2, 0.25) is 0 Å². The molecule has 0 aliphatic carbocycles. The Morgan fingerprint density at radius 1 is 1.47 bits per heavy atom. The third-order valence-electron chi connectivity index (χ3n) is 3.17. The Labute approximate surface area is 111 Å². The molecule has 19 heavy (non-hydrogen) atoms. The van der Waals surface area contributed by atoms with Crippen molar-refractivity contribution in [2.24, 2.45) is 0 Å². The predicted octanol–water partition coefficient (Wildman–Crippen LogP) is -1.02. The number of imidazole rings is 1. The zero-order valence-corrected chi connectivity index (χ0v) is 10.8. The Hall–Kier alpha value is -1.89. The molecule has 2 heterocycles. The second kappa shape index (κ2) is 5.83. The molecule has 7 nitrogen and oxygen atoms in total. The van der Waals surface area contributed by atoms with Crippen molar-refractivity contribution in [1.29, 1.82) is 0 Å². The minimum atomic E-state index is -0.693. The number of nitrogens with zero attached hydrogens (tertiary/aromatic N) is 3. The van der Waals surface area contributed by atoms with E-state index < -0.39 is 6.10 Å². The molecule has 1 saturated heterocycles. The fourth-order valence-electron chi connectivity index (χ4n) is 2.20. The molecule has 2 amide bonds. The summed E-state index contributed by atoms with van der Waals surface area (Å²) >= 11 is 0. The number of rotatable bonds is 4. The first-order valence-corrected chi connectivity index (χ1v) is 6.25. The third-order valence-corrected chi connectivity index (χ3v) is 3.17. The summed E-state index contributed by atoms with van der Waals surface area (Å²) in [5, 5.41) is 12.4. The highest BCUT2D eigenvalue weighted by Crippen LogP contribution is 2.12. The highest BCUT2D eigenvalue weighted by molar-refractivity contribution is 5.77. The number of aliphatic hydroxyl groups is 1. The zero-order valence-electron chi connectivity index (χ0n) is 10.8. The third kappa shape index (κ3) is 3.54. The monoisotopic (exact) mass is 266 g/mol. The van der Waals surface area contributed by atoms with Gasteiger partial charge in [-0.2, -0.15) is 0 Å². The zero-order chi connectivity index (χ0) is 13.8. The lowest BCUT2D eigenvalue weighted by atomic mass is 10.2.